The van der Waals surface area contributed by atoms with Gasteiger partial charge in [0, 0.05) is 4.47 Å². The molecule has 0 heterocycles. The van der Waals surface area contributed by atoms with Crippen molar-refractivity contribution < 1.29 is 9.90 Å². The lowest BCUT2D eigenvalue weighted by Gasteiger charge is -2.39. The lowest BCUT2D eigenvalue weighted by molar-refractivity contribution is -0.128. The quantitative estimate of drug-likeness (QED) is 0.885. The van der Waals surface area contributed by atoms with Crippen LogP contribution < -0.4 is 5.32 Å². The van der Waals surface area contributed by atoms with Crippen LogP contribution in [0.2, 0.25) is 0 Å². The minimum Gasteiger partial charge on any atom is -0.388 e. The van der Waals surface area contributed by atoms with E-state index in [4.69, 9.17) is 0 Å². The molecule has 0 bridgehead atoms. The van der Waals surface area contributed by atoms with E-state index in [1.807, 2.05) is 38.1 Å². The number of carbonyl (C=O) groups is 1. The summed E-state index contributed by atoms with van der Waals surface area (Å²) in [4.78, 5) is 12.6. The Kier molecular flexibility index (Phi) is 3.76. The predicted octanol–water partition coefficient (Wildman–Crippen LogP) is 3.15. The molecule has 0 radical (unpaired) electrons. The highest BCUT2D eigenvalue weighted by Crippen LogP contribution is 2.49. The van der Waals surface area contributed by atoms with E-state index in [9.17, 15) is 9.90 Å². The van der Waals surface area contributed by atoms with Crippen LogP contribution in [0.3, 0.4) is 0 Å². The maximum Gasteiger partial charge on any atom is 0.231 e. The van der Waals surface area contributed by atoms with Crippen molar-refractivity contribution in [2.45, 2.75) is 57.1 Å². The number of aliphatic hydroxyl groups is 1. The van der Waals surface area contributed by atoms with Gasteiger partial charge < -0.3 is 10.4 Å². The van der Waals surface area contributed by atoms with E-state index in [2.05, 4.69) is 21.2 Å². The number of hydrogen-bond donors (Lipinski definition) is 2. The van der Waals surface area contributed by atoms with Gasteiger partial charge in [0.05, 0.1) is 16.6 Å². The summed E-state index contributed by atoms with van der Waals surface area (Å²) in [5.74, 6) is 0.00643. The van der Waals surface area contributed by atoms with Crippen LogP contribution in [0, 0.1) is 0 Å². The third-order valence-corrected chi connectivity index (χ3v) is 5.07. The van der Waals surface area contributed by atoms with Gasteiger partial charge in [-0.1, -0.05) is 28.1 Å². The first-order valence-corrected chi connectivity index (χ1v) is 7.69. The molecule has 3 nitrogen and oxygen atoms in total. The van der Waals surface area contributed by atoms with Crippen molar-refractivity contribution >= 4 is 21.8 Å². The summed E-state index contributed by atoms with van der Waals surface area (Å²) in [7, 11) is 0. The van der Waals surface area contributed by atoms with E-state index in [1.54, 1.807) is 13.8 Å². The summed E-state index contributed by atoms with van der Waals surface area (Å²) in [6, 6.07) is 7.91. The average Bonchev–Trinajstić information content (AvgIpc) is 3.09. The molecule has 0 aliphatic heterocycles. The molecule has 1 aliphatic rings. The van der Waals surface area contributed by atoms with Crippen molar-refractivity contribution in [2.75, 3.05) is 0 Å². The van der Waals surface area contributed by atoms with Crippen LogP contribution in [0.5, 0.6) is 0 Å². The van der Waals surface area contributed by atoms with Gasteiger partial charge in [0.15, 0.2) is 0 Å². The molecule has 2 N–H and O–H groups in total. The molecule has 1 aromatic carbocycles. The van der Waals surface area contributed by atoms with Crippen molar-refractivity contribution in [1.82, 2.24) is 5.32 Å². The maximum absolute atomic E-state index is 12.6. The third kappa shape index (κ3) is 2.77. The Bertz CT molecular complexity index is 510. The zero-order valence-corrected chi connectivity index (χ0v) is 14.0. The van der Waals surface area contributed by atoms with Crippen molar-refractivity contribution in [3.63, 3.8) is 0 Å². The first kappa shape index (κ1) is 15.5. The van der Waals surface area contributed by atoms with Crippen LogP contribution >= 0.6 is 15.9 Å². The average molecular weight is 340 g/mol. The predicted molar refractivity (Wildman–Crippen MR) is 83.6 cm³/mol. The zero-order valence-electron chi connectivity index (χ0n) is 12.5. The van der Waals surface area contributed by atoms with Gasteiger partial charge >= 0.3 is 0 Å². The fourth-order valence-corrected chi connectivity index (χ4v) is 2.36. The Balaban J connectivity index is 2.19. The van der Waals surface area contributed by atoms with Crippen molar-refractivity contribution in [2.24, 2.45) is 0 Å². The first-order chi connectivity index (χ1) is 9.08. The molecule has 20 heavy (non-hydrogen) atoms. The standard InChI is InChI=1S/C16H22BrNO2/c1-14(2,15(3,4)20)18-13(19)16(9-10-16)11-5-7-12(17)8-6-11/h5-8,20H,9-10H2,1-4H3,(H,18,19). The topological polar surface area (TPSA) is 49.3 Å². The number of amides is 1. The minimum absolute atomic E-state index is 0.00643. The zero-order chi connectivity index (χ0) is 15.2. The molecule has 1 aromatic rings. The molecular weight excluding hydrogens is 318 g/mol. The normalized spacial score (nSPS) is 17.7. The molecular formula is C16H22BrNO2. The molecule has 1 amide bonds. The van der Waals surface area contributed by atoms with E-state index in [1.165, 1.54) is 0 Å². The van der Waals surface area contributed by atoms with Gasteiger partial charge in [-0.15, -0.1) is 0 Å². The second kappa shape index (κ2) is 4.85. The number of hydrogen-bond acceptors (Lipinski definition) is 2. The molecule has 4 heteroatoms. The second-order valence-electron chi connectivity index (χ2n) is 6.73. The number of rotatable bonds is 4. The second-order valence-corrected chi connectivity index (χ2v) is 7.64. The highest BCUT2D eigenvalue weighted by atomic mass is 79.9. The van der Waals surface area contributed by atoms with Gasteiger partial charge in [0.2, 0.25) is 5.91 Å². The Labute approximate surface area is 128 Å². The number of halogens is 1. The SMILES string of the molecule is CC(C)(O)C(C)(C)NC(=O)C1(c2ccc(Br)cc2)CC1. The van der Waals surface area contributed by atoms with E-state index in [-0.39, 0.29) is 5.91 Å². The molecule has 0 spiro atoms. The van der Waals surface area contributed by atoms with Gasteiger partial charge in [-0.25, -0.2) is 0 Å². The Morgan fingerprint density at radius 2 is 1.70 bits per heavy atom. The van der Waals surface area contributed by atoms with E-state index >= 15 is 0 Å². The minimum atomic E-state index is -0.974. The summed E-state index contributed by atoms with van der Waals surface area (Å²) < 4.78 is 1.01. The highest BCUT2D eigenvalue weighted by molar-refractivity contribution is 9.10. The van der Waals surface area contributed by atoms with Crippen molar-refractivity contribution in [1.29, 1.82) is 0 Å². The molecule has 110 valence electrons. The summed E-state index contributed by atoms with van der Waals surface area (Å²) in [6.07, 6.45) is 1.73. The van der Waals surface area contributed by atoms with Crippen LogP contribution in [0.1, 0.15) is 46.1 Å². The van der Waals surface area contributed by atoms with Crippen molar-refractivity contribution in [3.05, 3.63) is 34.3 Å². The monoisotopic (exact) mass is 339 g/mol. The summed E-state index contributed by atoms with van der Waals surface area (Å²) >= 11 is 3.41. The van der Waals surface area contributed by atoms with E-state index in [0.717, 1.165) is 22.9 Å². The molecule has 0 unspecified atom stereocenters. The smallest absolute Gasteiger partial charge is 0.231 e. The van der Waals surface area contributed by atoms with Crippen LogP contribution in [-0.4, -0.2) is 22.2 Å². The fraction of sp³-hybridized carbons (Fsp3) is 0.562. The summed E-state index contributed by atoms with van der Waals surface area (Å²) in [5, 5.41) is 13.2. The Morgan fingerprint density at radius 1 is 1.20 bits per heavy atom. The van der Waals surface area contributed by atoms with Crippen LogP contribution in [0.25, 0.3) is 0 Å². The molecule has 1 fully saturated rings. The molecule has 1 aliphatic carbocycles. The van der Waals surface area contributed by atoms with Gasteiger partial charge in [0.1, 0.15) is 0 Å². The highest BCUT2D eigenvalue weighted by Gasteiger charge is 2.53. The van der Waals surface area contributed by atoms with Gasteiger partial charge in [-0.2, -0.15) is 0 Å². The van der Waals surface area contributed by atoms with Crippen molar-refractivity contribution in [3.8, 4) is 0 Å². The molecule has 0 aromatic heterocycles. The van der Waals surface area contributed by atoms with Crippen LogP contribution in [0.4, 0.5) is 0 Å². The first-order valence-electron chi connectivity index (χ1n) is 6.90. The van der Waals surface area contributed by atoms with Gasteiger partial charge in [0.25, 0.3) is 0 Å². The largest absolute Gasteiger partial charge is 0.388 e. The molecule has 0 atom stereocenters. The molecule has 2 rings (SSSR count). The lowest BCUT2D eigenvalue weighted by atomic mass is 9.84. The number of nitrogens with one attached hydrogen (secondary N) is 1. The molecule has 1 saturated carbocycles. The maximum atomic E-state index is 12.6. The van der Waals surface area contributed by atoms with E-state index in [0.29, 0.717) is 0 Å². The summed E-state index contributed by atoms with van der Waals surface area (Å²) in [6.45, 7) is 7.13. The Hall–Kier alpha value is -0.870. The van der Waals surface area contributed by atoms with Gasteiger partial charge in [-0.05, 0) is 58.2 Å². The Morgan fingerprint density at radius 3 is 2.10 bits per heavy atom. The lowest BCUT2D eigenvalue weighted by Crippen LogP contribution is -2.59. The molecule has 0 saturated heterocycles. The summed E-state index contributed by atoms with van der Waals surface area (Å²) in [5.41, 5.74) is -1.01. The fourth-order valence-electron chi connectivity index (χ4n) is 2.10. The van der Waals surface area contributed by atoms with Crippen LogP contribution in [-0.2, 0) is 10.2 Å². The number of carbonyl (C=O) groups excluding carboxylic acids is 1. The third-order valence-electron chi connectivity index (χ3n) is 4.54. The van der Waals surface area contributed by atoms with Crippen LogP contribution in [0.15, 0.2) is 28.7 Å². The van der Waals surface area contributed by atoms with Gasteiger partial charge in [-0.3, -0.25) is 4.79 Å². The van der Waals surface area contributed by atoms with E-state index < -0.39 is 16.6 Å². The number of benzene rings is 1.